The average Bonchev–Trinajstić information content (AvgIpc) is 3.07. The molecular weight excluding hydrogens is 318 g/mol. The fourth-order valence-electron chi connectivity index (χ4n) is 1.37. The molecule has 2 heterocycles. The summed E-state index contributed by atoms with van der Waals surface area (Å²) in [6, 6.07) is 1.20. The first kappa shape index (κ1) is 15.1. The van der Waals surface area contributed by atoms with Crippen LogP contribution in [0.1, 0.15) is 16.1 Å². The molecule has 0 unspecified atom stereocenters. The number of rotatable bonds is 5. The van der Waals surface area contributed by atoms with Gasteiger partial charge in [-0.15, -0.1) is 11.3 Å². The van der Waals surface area contributed by atoms with Crippen LogP contribution in [-0.2, 0) is 16.0 Å². The second-order valence-corrected chi connectivity index (χ2v) is 5.53. The second-order valence-electron chi connectivity index (χ2n) is 3.78. The van der Waals surface area contributed by atoms with Crippen LogP contribution in [0.5, 0.6) is 0 Å². The smallest absolute Gasteiger partial charge is 0.324 e. The minimum Gasteiger partial charge on any atom is -0.469 e. The number of thiazole rings is 1. The first-order valence-electron chi connectivity index (χ1n) is 5.55. The molecule has 0 saturated heterocycles. The first-order chi connectivity index (χ1) is 9.99. The van der Waals surface area contributed by atoms with Crippen molar-refractivity contribution in [3.05, 3.63) is 38.2 Å². The summed E-state index contributed by atoms with van der Waals surface area (Å²) in [5.74, 6) is -0.912. The van der Waals surface area contributed by atoms with Gasteiger partial charge in [-0.2, -0.15) is 0 Å². The fourth-order valence-corrected chi connectivity index (χ4v) is 2.78. The number of ether oxygens (including phenoxy) is 1. The van der Waals surface area contributed by atoms with Crippen molar-refractivity contribution in [1.29, 1.82) is 0 Å². The van der Waals surface area contributed by atoms with E-state index in [4.69, 9.17) is 0 Å². The van der Waals surface area contributed by atoms with Gasteiger partial charge in [0.25, 0.3) is 5.91 Å². The summed E-state index contributed by atoms with van der Waals surface area (Å²) in [7, 11) is 1.28. The molecule has 0 fully saturated rings. The van der Waals surface area contributed by atoms with Crippen molar-refractivity contribution in [1.82, 2.24) is 4.98 Å². The van der Waals surface area contributed by atoms with Crippen LogP contribution in [0.2, 0.25) is 0 Å². The number of esters is 1. The SMILES string of the molecule is COC(=O)Cc1csc(NC(=O)c2csc([N+](=O)[O-])c2)n1. The van der Waals surface area contributed by atoms with Crippen LogP contribution in [-0.4, -0.2) is 28.9 Å². The number of carbonyl (C=O) groups is 2. The number of hydrogen-bond acceptors (Lipinski definition) is 8. The van der Waals surface area contributed by atoms with Crippen LogP contribution >= 0.6 is 22.7 Å². The highest BCUT2D eigenvalue weighted by Gasteiger charge is 2.16. The predicted octanol–water partition coefficient (Wildman–Crippen LogP) is 2.08. The molecule has 8 nitrogen and oxygen atoms in total. The third-order valence-corrected chi connectivity index (χ3v) is 4.04. The highest BCUT2D eigenvalue weighted by Crippen LogP contribution is 2.24. The number of methoxy groups -OCH3 is 1. The second kappa shape index (κ2) is 6.41. The molecular formula is C11H9N3O5S2. The van der Waals surface area contributed by atoms with Gasteiger partial charge in [0, 0.05) is 16.8 Å². The average molecular weight is 327 g/mol. The molecule has 0 aliphatic rings. The third-order valence-electron chi connectivity index (χ3n) is 2.35. The molecule has 2 aromatic rings. The van der Waals surface area contributed by atoms with E-state index in [-0.39, 0.29) is 17.0 Å². The Hall–Kier alpha value is -2.33. The van der Waals surface area contributed by atoms with Crippen LogP contribution in [0.4, 0.5) is 10.1 Å². The van der Waals surface area contributed by atoms with Crippen LogP contribution in [0, 0.1) is 10.1 Å². The van der Waals surface area contributed by atoms with E-state index in [0.29, 0.717) is 10.8 Å². The molecule has 10 heteroatoms. The molecule has 0 aliphatic carbocycles. The largest absolute Gasteiger partial charge is 0.469 e. The third kappa shape index (κ3) is 3.83. The van der Waals surface area contributed by atoms with Crippen LogP contribution < -0.4 is 5.32 Å². The number of hydrogen-bond donors (Lipinski definition) is 1. The summed E-state index contributed by atoms with van der Waals surface area (Å²) >= 11 is 2.03. The molecule has 21 heavy (non-hydrogen) atoms. The van der Waals surface area contributed by atoms with Gasteiger partial charge in [0.1, 0.15) is 0 Å². The Morgan fingerprint density at radius 3 is 2.81 bits per heavy atom. The van der Waals surface area contributed by atoms with Gasteiger partial charge in [-0.3, -0.25) is 25.0 Å². The van der Waals surface area contributed by atoms with Gasteiger partial charge in [-0.1, -0.05) is 11.3 Å². The van der Waals surface area contributed by atoms with Crippen molar-refractivity contribution < 1.29 is 19.2 Å². The number of nitrogens with one attached hydrogen (secondary N) is 1. The highest BCUT2D eigenvalue weighted by atomic mass is 32.1. The molecule has 2 aromatic heterocycles. The van der Waals surface area contributed by atoms with E-state index < -0.39 is 16.8 Å². The molecule has 0 aromatic carbocycles. The maximum atomic E-state index is 11.9. The Labute approximate surface area is 126 Å². The van der Waals surface area contributed by atoms with Crippen molar-refractivity contribution in [2.45, 2.75) is 6.42 Å². The fraction of sp³-hybridized carbons (Fsp3) is 0.182. The summed E-state index contributed by atoms with van der Waals surface area (Å²) in [5, 5.41) is 16.3. The number of carbonyl (C=O) groups excluding carboxylic acids is 2. The van der Waals surface area contributed by atoms with Gasteiger partial charge >= 0.3 is 11.0 Å². The lowest BCUT2D eigenvalue weighted by atomic mass is 10.3. The number of nitro groups is 1. The molecule has 2 rings (SSSR count). The summed E-state index contributed by atoms with van der Waals surface area (Å²) in [6.45, 7) is 0. The Morgan fingerprint density at radius 2 is 2.19 bits per heavy atom. The number of thiophene rings is 1. The van der Waals surface area contributed by atoms with E-state index in [1.807, 2.05) is 0 Å². The normalized spacial score (nSPS) is 10.1. The highest BCUT2D eigenvalue weighted by molar-refractivity contribution is 7.14. The van der Waals surface area contributed by atoms with Crippen molar-refractivity contribution in [2.75, 3.05) is 12.4 Å². The Balaban J connectivity index is 2.02. The summed E-state index contributed by atoms with van der Waals surface area (Å²) in [5.41, 5.74) is 0.676. The molecule has 0 saturated carbocycles. The lowest BCUT2D eigenvalue weighted by Gasteiger charge is -1.98. The topological polar surface area (TPSA) is 111 Å². The zero-order valence-electron chi connectivity index (χ0n) is 10.7. The van der Waals surface area contributed by atoms with Crippen molar-refractivity contribution in [2.24, 2.45) is 0 Å². The Kier molecular flexibility index (Phi) is 4.60. The minimum absolute atomic E-state index is 0.0206. The van der Waals surface area contributed by atoms with E-state index in [0.717, 1.165) is 22.7 Å². The molecule has 0 bridgehead atoms. The van der Waals surface area contributed by atoms with Crippen molar-refractivity contribution >= 4 is 44.7 Å². The van der Waals surface area contributed by atoms with Gasteiger partial charge in [-0.05, 0) is 0 Å². The molecule has 1 amide bonds. The van der Waals surface area contributed by atoms with E-state index in [2.05, 4.69) is 15.0 Å². The molecule has 110 valence electrons. The van der Waals surface area contributed by atoms with E-state index in [1.54, 1.807) is 5.38 Å². The quantitative estimate of drug-likeness (QED) is 0.511. The number of aromatic nitrogens is 1. The van der Waals surface area contributed by atoms with Gasteiger partial charge in [-0.25, -0.2) is 4.98 Å². The van der Waals surface area contributed by atoms with E-state index in [9.17, 15) is 19.7 Å². The van der Waals surface area contributed by atoms with E-state index in [1.165, 1.54) is 18.6 Å². The van der Waals surface area contributed by atoms with Crippen LogP contribution in [0.25, 0.3) is 0 Å². The zero-order valence-corrected chi connectivity index (χ0v) is 12.3. The van der Waals surface area contributed by atoms with Gasteiger partial charge < -0.3 is 4.74 Å². The number of nitrogens with zero attached hydrogens (tertiary/aromatic N) is 2. The maximum absolute atomic E-state index is 11.9. The van der Waals surface area contributed by atoms with Gasteiger partial charge in [0.2, 0.25) is 0 Å². The maximum Gasteiger partial charge on any atom is 0.324 e. The number of anilines is 1. The molecule has 0 radical (unpaired) electrons. The first-order valence-corrected chi connectivity index (χ1v) is 7.31. The Morgan fingerprint density at radius 1 is 1.43 bits per heavy atom. The van der Waals surface area contributed by atoms with Crippen molar-refractivity contribution in [3.63, 3.8) is 0 Å². The number of amides is 1. The lowest BCUT2D eigenvalue weighted by molar-refractivity contribution is -0.380. The lowest BCUT2D eigenvalue weighted by Crippen LogP contribution is -2.11. The molecule has 0 spiro atoms. The van der Waals surface area contributed by atoms with E-state index >= 15 is 0 Å². The summed E-state index contributed by atoms with van der Waals surface area (Å²) in [6.07, 6.45) is 0.0206. The van der Waals surface area contributed by atoms with Gasteiger partial charge in [0.15, 0.2) is 5.13 Å². The minimum atomic E-state index is -0.556. The predicted molar refractivity (Wildman–Crippen MR) is 76.8 cm³/mol. The standard InChI is InChI=1S/C11H9N3O5S2/c1-19-9(15)3-7-5-21-11(12-7)13-10(16)6-2-8(14(17)18)20-4-6/h2,4-5H,3H2,1H3,(H,12,13,16). The van der Waals surface area contributed by atoms with Gasteiger partial charge in [0.05, 0.1) is 29.7 Å². The van der Waals surface area contributed by atoms with Crippen LogP contribution in [0.3, 0.4) is 0 Å². The molecule has 0 aliphatic heterocycles. The monoisotopic (exact) mass is 327 g/mol. The Bertz CT molecular complexity index is 694. The molecule has 1 N–H and O–H groups in total. The summed E-state index contributed by atoms with van der Waals surface area (Å²) < 4.78 is 4.51. The summed E-state index contributed by atoms with van der Waals surface area (Å²) in [4.78, 5) is 37.0. The van der Waals surface area contributed by atoms with Crippen molar-refractivity contribution in [3.8, 4) is 0 Å². The van der Waals surface area contributed by atoms with Crippen LogP contribution in [0.15, 0.2) is 16.8 Å². The zero-order chi connectivity index (χ0) is 15.4. The molecule has 0 atom stereocenters.